The molecule has 2 rings (SSSR count). The molecule has 6 nitrogen and oxygen atoms in total. The highest BCUT2D eigenvalue weighted by Crippen LogP contribution is 2.24. The molecule has 1 amide bonds. The number of carbonyl (C=O) groups excluding carboxylic acids is 2. The molecule has 0 spiro atoms. The van der Waals surface area contributed by atoms with Crippen LogP contribution in [-0.2, 0) is 9.53 Å². The van der Waals surface area contributed by atoms with Crippen LogP contribution in [-0.4, -0.2) is 23.1 Å². The van der Waals surface area contributed by atoms with E-state index in [-0.39, 0.29) is 11.5 Å². The summed E-state index contributed by atoms with van der Waals surface area (Å²) in [6, 6.07) is 4.63. The fraction of sp³-hybridized carbons (Fsp3) is 0.353. The van der Waals surface area contributed by atoms with Crippen LogP contribution in [0, 0.1) is 6.92 Å². The molecule has 1 aromatic heterocycles. The van der Waals surface area contributed by atoms with Crippen molar-refractivity contribution in [1.82, 2.24) is 5.16 Å². The maximum absolute atomic E-state index is 12.4. The number of aryl methyl sites for hydroxylation is 1. The number of carbonyl (C=O) groups is 2. The molecule has 0 radical (unpaired) electrons. The fourth-order valence-electron chi connectivity index (χ4n) is 2.17. The molecular formula is C17H18Cl2N2O4. The van der Waals surface area contributed by atoms with Crippen molar-refractivity contribution in [1.29, 1.82) is 0 Å². The van der Waals surface area contributed by atoms with Gasteiger partial charge in [-0.2, -0.15) is 0 Å². The zero-order valence-electron chi connectivity index (χ0n) is 14.2. The summed E-state index contributed by atoms with van der Waals surface area (Å²) in [6.07, 6.45) is -1.03. The quantitative estimate of drug-likeness (QED) is 0.761. The number of hydrogen-bond acceptors (Lipinski definition) is 5. The maximum Gasteiger partial charge on any atom is 0.344 e. The minimum Gasteiger partial charge on any atom is -0.449 e. The minimum atomic E-state index is -1.03. The van der Waals surface area contributed by atoms with Gasteiger partial charge in [0.1, 0.15) is 5.56 Å². The van der Waals surface area contributed by atoms with Crippen molar-refractivity contribution in [3.05, 3.63) is 45.3 Å². The SMILES string of the molecule is Cc1noc(C(C)C)c1C(=O)O[C@@H](C)C(=O)Nc1cc(Cl)cc(Cl)c1. The average Bonchev–Trinajstić information content (AvgIpc) is 2.88. The first-order chi connectivity index (χ1) is 11.7. The molecule has 0 aliphatic carbocycles. The molecule has 0 aliphatic heterocycles. The zero-order chi connectivity index (χ0) is 18.7. The molecule has 0 fully saturated rings. The second-order valence-electron chi connectivity index (χ2n) is 5.86. The van der Waals surface area contributed by atoms with Gasteiger partial charge in [0.2, 0.25) is 0 Å². The maximum atomic E-state index is 12.4. The van der Waals surface area contributed by atoms with E-state index in [9.17, 15) is 9.59 Å². The molecule has 0 unspecified atom stereocenters. The monoisotopic (exact) mass is 384 g/mol. The van der Waals surface area contributed by atoms with E-state index in [0.29, 0.717) is 27.2 Å². The Bertz CT molecular complexity index is 782. The van der Waals surface area contributed by atoms with E-state index < -0.39 is 18.0 Å². The van der Waals surface area contributed by atoms with E-state index in [2.05, 4.69) is 10.5 Å². The van der Waals surface area contributed by atoms with Crippen LogP contribution in [0.15, 0.2) is 22.7 Å². The Labute approximate surface area is 155 Å². The van der Waals surface area contributed by atoms with Crippen LogP contribution in [0.2, 0.25) is 10.0 Å². The smallest absolute Gasteiger partial charge is 0.344 e. The number of aromatic nitrogens is 1. The first kappa shape index (κ1) is 19.3. The van der Waals surface area contributed by atoms with Gasteiger partial charge < -0.3 is 14.6 Å². The van der Waals surface area contributed by atoms with E-state index in [0.717, 1.165) is 0 Å². The van der Waals surface area contributed by atoms with Gasteiger partial charge in [0.15, 0.2) is 11.9 Å². The Morgan fingerprint density at radius 1 is 1.16 bits per heavy atom. The summed E-state index contributed by atoms with van der Waals surface area (Å²) in [6.45, 7) is 6.85. The summed E-state index contributed by atoms with van der Waals surface area (Å²) >= 11 is 11.8. The third-order valence-electron chi connectivity index (χ3n) is 3.40. The first-order valence-electron chi connectivity index (χ1n) is 7.63. The van der Waals surface area contributed by atoms with E-state index >= 15 is 0 Å². The van der Waals surface area contributed by atoms with Crippen LogP contribution >= 0.6 is 23.2 Å². The standard InChI is InChI=1S/C17H18Cl2N2O4/c1-8(2)15-14(9(3)21-25-15)17(23)24-10(4)16(22)20-13-6-11(18)5-12(19)7-13/h5-8,10H,1-4H3,(H,20,22)/t10-/m0/s1. The number of nitrogens with zero attached hydrogens (tertiary/aromatic N) is 1. The van der Waals surface area contributed by atoms with Gasteiger partial charge in [-0.25, -0.2) is 4.79 Å². The molecular weight excluding hydrogens is 367 g/mol. The lowest BCUT2D eigenvalue weighted by Crippen LogP contribution is -2.30. The normalized spacial score (nSPS) is 12.1. The summed E-state index contributed by atoms with van der Waals surface area (Å²) in [5.74, 6) is -0.778. The molecule has 8 heteroatoms. The Kier molecular flexibility index (Phi) is 6.08. The van der Waals surface area contributed by atoms with Gasteiger partial charge in [-0.15, -0.1) is 0 Å². The van der Waals surface area contributed by atoms with Crippen LogP contribution in [0.25, 0.3) is 0 Å². The third kappa shape index (κ3) is 4.74. The van der Waals surface area contributed by atoms with Gasteiger partial charge in [-0.1, -0.05) is 42.2 Å². The molecule has 2 aromatic rings. The number of ether oxygens (including phenoxy) is 1. The Balaban J connectivity index is 2.08. The number of anilines is 1. The van der Waals surface area contributed by atoms with E-state index in [1.807, 2.05) is 13.8 Å². The Morgan fingerprint density at radius 2 is 1.76 bits per heavy atom. The number of amides is 1. The number of benzene rings is 1. The second-order valence-corrected chi connectivity index (χ2v) is 6.73. The third-order valence-corrected chi connectivity index (χ3v) is 3.84. The molecule has 1 N–H and O–H groups in total. The summed E-state index contributed by atoms with van der Waals surface area (Å²) in [7, 11) is 0. The molecule has 1 atom stereocenters. The summed E-state index contributed by atoms with van der Waals surface area (Å²) in [5.41, 5.74) is 1.08. The number of rotatable bonds is 5. The predicted octanol–water partition coefficient (Wildman–Crippen LogP) is 4.60. The van der Waals surface area contributed by atoms with Crippen molar-refractivity contribution < 1.29 is 18.8 Å². The van der Waals surface area contributed by atoms with E-state index in [1.165, 1.54) is 6.92 Å². The van der Waals surface area contributed by atoms with Crippen LogP contribution < -0.4 is 5.32 Å². The molecule has 1 heterocycles. The van der Waals surface area contributed by atoms with Crippen molar-refractivity contribution >= 4 is 40.8 Å². The number of esters is 1. The van der Waals surface area contributed by atoms with Crippen LogP contribution in [0.4, 0.5) is 5.69 Å². The predicted molar refractivity (Wildman–Crippen MR) is 95.3 cm³/mol. The highest BCUT2D eigenvalue weighted by molar-refractivity contribution is 6.35. The molecule has 0 saturated heterocycles. The van der Waals surface area contributed by atoms with Crippen molar-refractivity contribution in [2.24, 2.45) is 0 Å². The number of halogens is 2. The largest absolute Gasteiger partial charge is 0.449 e. The molecule has 134 valence electrons. The average molecular weight is 385 g/mol. The van der Waals surface area contributed by atoms with Gasteiger partial charge in [0, 0.05) is 21.7 Å². The lowest BCUT2D eigenvalue weighted by Gasteiger charge is -2.14. The van der Waals surface area contributed by atoms with Crippen molar-refractivity contribution in [3.8, 4) is 0 Å². The lowest BCUT2D eigenvalue weighted by molar-refractivity contribution is -0.123. The van der Waals surface area contributed by atoms with Gasteiger partial charge in [-0.3, -0.25) is 4.79 Å². The van der Waals surface area contributed by atoms with Crippen LogP contribution in [0.3, 0.4) is 0 Å². The lowest BCUT2D eigenvalue weighted by atomic mass is 10.1. The molecule has 1 aromatic carbocycles. The van der Waals surface area contributed by atoms with Crippen molar-refractivity contribution in [2.45, 2.75) is 39.7 Å². The topological polar surface area (TPSA) is 81.4 Å². The van der Waals surface area contributed by atoms with E-state index in [4.69, 9.17) is 32.5 Å². The Hall–Kier alpha value is -2.05. The molecule has 0 bridgehead atoms. The minimum absolute atomic E-state index is 0.0403. The van der Waals surface area contributed by atoms with Gasteiger partial charge >= 0.3 is 5.97 Å². The summed E-state index contributed by atoms with van der Waals surface area (Å²) in [4.78, 5) is 24.6. The highest BCUT2D eigenvalue weighted by atomic mass is 35.5. The van der Waals surface area contributed by atoms with Gasteiger partial charge in [-0.05, 0) is 32.0 Å². The fourth-order valence-corrected chi connectivity index (χ4v) is 2.70. The first-order valence-corrected chi connectivity index (χ1v) is 8.38. The van der Waals surface area contributed by atoms with Crippen molar-refractivity contribution in [2.75, 3.05) is 5.32 Å². The molecule has 0 saturated carbocycles. The highest BCUT2D eigenvalue weighted by Gasteiger charge is 2.27. The van der Waals surface area contributed by atoms with Crippen LogP contribution in [0.1, 0.15) is 48.5 Å². The summed E-state index contributed by atoms with van der Waals surface area (Å²) in [5, 5.41) is 7.16. The summed E-state index contributed by atoms with van der Waals surface area (Å²) < 4.78 is 10.4. The number of hydrogen-bond donors (Lipinski definition) is 1. The number of nitrogens with one attached hydrogen (secondary N) is 1. The Morgan fingerprint density at radius 3 is 2.32 bits per heavy atom. The zero-order valence-corrected chi connectivity index (χ0v) is 15.7. The second kappa shape index (κ2) is 7.89. The van der Waals surface area contributed by atoms with Gasteiger partial charge in [0.05, 0.1) is 5.69 Å². The molecule has 0 aliphatic rings. The van der Waals surface area contributed by atoms with E-state index in [1.54, 1.807) is 25.1 Å². The van der Waals surface area contributed by atoms with Crippen LogP contribution in [0.5, 0.6) is 0 Å². The molecule has 25 heavy (non-hydrogen) atoms. The van der Waals surface area contributed by atoms with Gasteiger partial charge in [0.25, 0.3) is 5.91 Å². The van der Waals surface area contributed by atoms with Crippen molar-refractivity contribution in [3.63, 3.8) is 0 Å².